The monoisotopic (exact) mass is 1680 g/mol. The smallest absolute Gasteiger partial charge is 0.414 e. The number of hydrogen-bond donors (Lipinski definition) is 3. The molecule has 10 aromatic rings. The lowest BCUT2D eigenvalue weighted by molar-refractivity contribution is 0.0578. The Kier molecular flexibility index (Phi) is 31.5. The number of amides is 2. The molecule has 0 unspecified atom stereocenters. The fraction of sp³-hybridized carbons (Fsp3) is 0.250. The van der Waals surface area contributed by atoms with Crippen molar-refractivity contribution in [2.75, 3.05) is 51.7 Å². The van der Waals surface area contributed by atoms with Crippen molar-refractivity contribution in [1.29, 1.82) is 0 Å². The molecule has 0 aliphatic heterocycles. The minimum atomic E-state index is -3.70. The van der Waals surface area contributed by atoms with E-state index in [1.807, 2.05) is 19.9 Å². The van der Waals surface area contributed by atoms with Gasteiger partial charge in [-0.3, -0.25) is 33.7 Å². The van der Waals surface area contributed by atoms with E-state index in [4.69, 9.17) is 57.4 Å². The van der Waals surface area contributed by atoms with Gasteiger partial charge in [0.25, 0.3) is 32.3 Å². The van der Waals surface area contributed by atoms with Gasteiger partial charge in [-0.05, 0) is 222 Å². The molecule has 10 rings (SSSR count). The maximum Gasteiger partial charge on any atom is 0.414 e. The molecule has 5 N–H and O–H groups in total. The van der Waals surface area contributed by atoms with Crippen LogP contribution in [0.25, 0.3) is 33.4 Å². The number of nitrogens with zero attached hydrogens (tertiary/aromatic N) is 6. The number of sulfonamides is 1. The third-order valence-corrected chi connectivity index (χ3v) is 18.4. The van der Waals surface area contributed by atoms with Crippen LogP contribution < -0.4 is 62.4 Å². The highest BCUT2D eigenvalue weighted by Crippen LogP contribution is 2.39. The number of benzene rings is 6. The van der Waals surface area contributed by atoms with Crippen molar-refractivity contribution in [3.63, 3.8) is 0 Å². The van der Waals surface area contributed by atoms with Gasteiger partial charge in [0.05, 0.1) is 5.75 Å². The van der Waals surface area contributed by atoms with E-state index in [0.29, 0.717) is 92.2 Å². The molecule has 0 atom stereocenters. The summed E-state index contributed by atoms with van der Waals surface area (Å²) >= 11 is 8.31. The minimum absolute atomic E-state index is 0.0174. The van der Waals surface area contributed by atoms with Crippen LogP contribution in [-0.2, 0) is 69.6 Å². The highest BCUT2D eigenvalue weighted by Gasteiger charge is 2.26. The Hall–Kier alpha value is -11.1. The summed E-state index contributed by atoms with van der Waals surface area (Å²) in [6, 6.07) is 38.9. The number of ether oxygens (including phenoxy) is 5. The van der Waals surface area contributed by atoms with Crippen LogP contribution in [-0.4, -0.2) is 84.2 Å². The number of pyridine rings is 4. The molecule has 6 aromatic carbocycles. The molecule has 0 radical (unpaired) electrons. The fourth-order valence-electron chi connectivity index (χ4n) is 10.0. The first kappa shape index (κ1) is 89.8. The van der Waals surface area contributed by atoms with E-state index in [1.54, 1.807) is 184 Å². The molecular weight excluding hydrogens is 1600 g/mol. The Morgan fingerprint density at radius 1 is 0.518 bits per heavy atom. The number of nitrogens with one attached hydrogen (secondary N) is 1. The summed E-state index contributed by atoms with van der Waals surface area (Å²) < 4.78 is 120. The molecule has 0 saturated heterocycles. The second kappa shape index (κ2) is 39.2. The van der Waals surface area contributed by atoms with Crippen LogP contribution in [0.1, 0.15) is 66.5 Å². The number of halogens is 6. The number of rotatable bonds is 18. The molecular formula is C80H87BrCl2F3N9O15S2. The predicted molar refractivity (Wildman–Crippen MR) is 440 cm³/mol. The zero-order chi connectivity index (χ0) is 83.5. The maximum atomic E-state index is 13.2. The molecule has 0 saturated carbocycles. The molecule has 0 bridgehead atoms. The van der Waals surface area contributed by atoms with E-state index < -0.39 is 42.5 Å². The summed E-state index contributed by atoms with van der Waals surface area (Å²) in [4.78, 5) is 75.9. The summed E-state index contributed by atoms with van der Waals surface area (Å²) in [6.45, 7) is 17.7. The molecule has 32 heteroatoms. The molecule has 596 valence electrons. The second-order valence-electron chi connectivity index (χ2n) is 26.8. The van der Waals surface area contributed by atoms with Crippen LogP contribution in [0.5, 0.6) is 34.5 Å². The van der Waals surface area contributed by atoms with Crippen LogP contribution >= 0.6 is 38.2 Å². The number of carbonyl (C=O) groups excluding carboxylic acids is 2. The van der Waals surface area contributed by atoms with Gasteiger partial charge in [-0.25, -0.2) is 39.6 Å². The summed E-state index contributed by atoms with van der Waals surface area (Å²) in [5.74, 6) is 1.65. The molecule has 0 fully saturated rings. The Labute approximate surface area is 665 Å². The SMILES string of the molecule is C=CS(=O)(=O)Nc1ccc(Oc2ccc(F)cc2)c(-c2cc(CC)c(=O)n(C)c2)c1.CCc1cc(-c2cc(N)ccc2Oc2ccc(F)cc2)cn(C)c1=O.CN(C(=O)OC(C)(C)C)c1cc(-c2cc(N)ccc2Oc2ccc(F)cc2)cn(C)c1=O.CN(C(=O)OC(C)(C)C)c1cc(Br)cn(C)c1=O.O=S(=O)(Cl)CCCl. The van der Waals surface area contributed by atoms with Gasteiger partial charge < -0.3 is 53.4 Å². The van der Waals surface area contributed by atoms with Crippen molar-refractivity contribution in [3.8, 4) is 67.9 Å². The molecule has 24 nitrogen and oxygen atoms in total. The van der Waals surface area contributed by atoms with Gasteiger partial charge in [0, 0.05) is 155 Å². The lowest BCUT2D eigenvalue weighted by atomic mass is 10.0. The second-order valence-corrected chi connectivity index (χ2v) is 32.6. The first-order valence-corrected chi connectivity index (χ1v) is 39.4. The first-order chi connectivity index (χ1) is 52.3. The molecule has 112 heavy (non-hydrogen) atoms. The Balaban J connectivity index is 0.000000230. The van der Waals surface area contributed by atoms with Gasteiger partial charge in [0.1, 0.15) is 74.5 Å². The van der Waals surface area contributed by atoms with Crippen LogP contribution in [0, 0.1) is 17.5 Å². The standard InChI is InChI=1S/C24H26FN3O4.C22H21FN2O4S.C20H19FN2O2.C12H17BrN2O3.C2H4Cl2O2S/c1-24(2,3)32-23(30)28(5)20-12-15(14-27(4)22(20)29)19-13-17(26)8-11-21(19)31-18-9-6-16(25)7-10-18;1-4-15-12-16(14-25(3)22(15)26)20-13-18(24-30(27,28)5-2)8-11-21(20)29-19-9-6-17(23)7-10-19;1-3-13-10-14(12-23(2)20(13)24)18-11-16(22)6-9-19(18)25-17-7-4-15(21)5-8-17;1-12(2,3)18-11(17)15(5)9-6-8(13)7-14(4)10(9)16;3-1-2-7(4,5)6/h6-14H,26H2,1-5H3;5-14,24H,2,4H2,1,3H3;4-12H,3,22H2,1-2H3;6-7H,1-5H3;1-2H2. The molecule has 0 aliphatic rings. The van der Waals surface area contributed by atoms with Crippen molar-refractivity contribution in [1.82, 2.24) is 18.3 Å². The summed E-state index contributed by atoms with van der Waals surface area (Å²) in [5, 5.41) is 0.816. The molecule has 0 spiro atoms. The van der Waals surface area contributed by atoms with Gasteiger partial charge in [-0.2, -0.15) is 0 Å². The molecule has 0 aliphatic carbocycles. The Morgan fingerprint density at radius 3 is 1.18 bits per heavy atom. The zero-order valence-electron chi connectivity index (χ0n) is 63.9. The lowest BCUT2D eigenvalue weighted by Gasteiger charge is -2.25. The highest BCUT2D eigenvalue weighted by molar-refractivity contribution is 9.10. The van der Waals surface area contributed by atoms with E-state index in [1.165, 1.54) is 98.3 Å². The quantitative estimate of drug-likeness (QED) is 0.0408. The van der Waals surface area contributed by atoms with Gasteiger partial charge in [-0.1, -0.05) is 20.4 Å². The van der Waals surface area contributed by atoms with Crippen molar-refractivity contribution in [2.45, 2.75) is 79.4 Å². The van der Waals surface area contributed by atoms with E-state index >= 15 is 0 Å². The fourth-order valence-corrected chi connectivity index (χ4v) is 12.3. The lowest BCUT2D eigenvalue weighted by Crippen LogP contribution is -2.37. The number of nitrogens with two attached hydrogens (primary N) is 2. The number of aryl methyl sites for hydroxylation is 6. The average Bonchev–Trinajstić information content (AvgIpc) is 0.807. The highest BCUT2D eigenvalue weighted by atomic mass is 79.9. The van der Waals surface area contributed by atoms with Crippen LogP contribution in [0.15, 0.2) is 212 Å². The van der Waals surface area contributed by atoms with Crippen molar-refractivity contribution in [3.05, 3.63) is 263 Å². The topological polar surface area (TPSA) is 307 Å². The largest absolute Gasteiger partial charge is 0.457 e. The van der Waals surface area contributed by atoms with Gasteiger partial charge >= 0.3 is 12.2 Å². The zero-order valence-corrected chi connectivity index (χ0v) is 68.6. The van der Waals surface area contributed by atoms with Crippen molar-refractivity contribution >= 4 is 97.9 Å². The number of alkyl halides is 1. The van der Waals surface area contributed by atoms with E-state index in [0.717, 1.165) is 26.6 Å². The van der Waals surface area contributed by atoms with Gasteiger partial charge in [0.2, 0.25) is 9.05 Å². The third-order valence-electron chi connectivity index (χ3n) is 15.5. The predicted octanol–water partition coefficient (Wildman–Crippen LogP) is 16.8. The van der Waals surface area contributed by atoms with E-state index in [9.17, 15) is 58.8 Å². The first-order valence-electron chi connectivity index (χ1n) is 34.1. The van der Waals surface area contributed by atoms with Crippen molar-refractivity contribution in [2.24, 2.45) is 28.2 Å². The maximum absolute atomic E-state index is 13.2. The molecule has 4 aromatic heterocycles. The number of nitrogen functional groups attached to an aromatic ring is 2. The Bertz CT molecular complexity index is 5530. The van der Waals surface area contributed by atoms with E-state index in [-0.39, 0.29) is 62.7 Å². The van der Waals surface area contributed by atoms with Crippen LogP contribution in [0.3, 0.4) is 0 Å². The van der Waals surface area contributed by atoms with Gasteiger partial charge in [-0.15, -0.1) is 11.6 Å². The number of hydrogen-bond acceptors (Lipinski definition) is 17. The minimum Gasteiger partial charge on any atom is -0.457 e. The molecule has 2 amide bonds. The average molecular weight is 1690 g/mol. The number of anilines is 5. The van der Waals surface area contributed by atoms with Crippen molar-refractivity contribution < 1.29 is 63.3 Å². The number of aromatic nitrogens is 4. The molecule has 4 heterocycles. The van der Waals surface area contributed by atoms with Gasteiger partial charge in [0.15, 0.2) is 0 Å². The summed E-state index contributed by atoms with van der Waals surface area (Å²) in [7, 11) is 7.26. The van der Waals surface area contributed by atoms with Crippen LogP contribution in [0.2, 0.25) is 0 Å². The summed E-state index contributed by atoms with van der Waals surface area (Å²) in [6.07, 6.45) is 6.64. The summed E-state index contributed by atoms with van der Waals surface area (Å²) in [5.41, 5.74) is 17.1. The van der Waals surface area contributed by atoms with E-state index in [2.05, 4.69) is 27.2 Å². The number of carbonyl (C=O) groups is 2. The third kappa shape index (κ3) is 26.9. The Morgan fingerprint density at radius 2 is 0.848 bits per heavy atom. The normalized spacial score (nSPS) is 11.1. The van der Waals surface area contributed by atoms with Crippen LogP contribution in [0.4, 0.5) is 51.2 Å².